The molecule has 0 aliphatic rings. The molecule has 2 aromatic carbocycles. The Morgan fingerprint density at radius 3 is 2.18 bits per heavy atom. The smallest absolute Gasteiger partial charge is 0.192 e. The van der Waals surface area contributed by atoms with Crippen LogP contribution in [0.4, 0.5) is 0 Å². The van der Waals surface area contributed by atoms with Gasteiger partial charge in [0, 0.05) is 17.3 Å². The number of ether oxygens (including phenoxy) is 1. The summed E-state index contributed by atoms with van der Waals surface area (Å²) >= 11 is 0. The lowest BCUT2D eigenvalue weighted by Gasteiger charge is -2.11. The van der Waals surface area contributed by atoms with E-state index in [1.807, 2.05) is 32.9 Å². The molecule has 0 bridgehead atoms. The molecule has 0 atom stereocenters. The number of aryl methyl sites for hydroxylation is 3. The number of benzene rings is 2. The molecule has 0 fully saturated rings. The van der Waals surface area contributed by atoms with Gasteiger partial charge in [0.05, 0.1) is 6.61 Å². The van der Waals surface area contributed by atoms with Crippen molar-refractivity contribution in [1.82, 2.24) is 0 Å². The highest BCUT2D eigenvalue weighted by Gasteiger charge is 2.12. The molecule has 22 heavy (non-hydrogen) atoms. The summed E-state index contributed by atoms with van der Waals surface area (Å²) in [6, 6.07) is 11.0. The third-order valence-corrected chi connectivity index (χ3v) is 4.00. The molecule has 114 valence electrons. The van der Waals surface area contributed by atoms with Gasteiger partial charge in [-0.15, -0.1) is 0 Å². The molecule has 0 spiro atoms. The summed E-state index contributed by atoms with van der Waals surface area (Å²) in [6.45, 7) is 6.30. The SMILES string of the molecule is Cc1cc(C)c(C(=O)CCOc2ccc(P=O)cc2)c(C)c1. The Labute approximate surface area is 132 Å². The van der Waals surface area contributed by atoms with Crippen LogP contribution in [-0.2, 0) is 4.57 Å². The van der Waals surface area contributed by atoms with Gasteiger partial charge < -0.3 is 4.74 Å². The largest absolute Gasteiger partial charge is 0.493 e. The van der Waals surface area contributed by atoms with Crippen LogP contribution in [0.25, 0.3) is 0 Å². The fourth-order valence-corrected chi connectivity index (χ4v) is 2.88. The lowest BCUT2D eigenvalue weighted by Crippen LogP contribution is -2.10. The van der Waals surface area contributed by atoms with E-state index in [1.54, 1.807) is 24.3 Å². The van der Waals surface area contributed by atoms with Crippen LogP contribution >= 0.6 is 8.46 Å². The van der Waals surface area contributed by atoms with E-state index in [0.717, 1.165) is 16.7 Å². The van der Waals surface area contributed by atoms with Gasteiger partial charge >= 0.3 is 0 Å². The molecular formula is C18H19O3P. The first-order valence-electron chi connectivity index (χ1n) is 7.18. The van der Waals surface area contributed by atoms with Gasteiger partial charge in [-0.25, -0.2) is 0 Å². The number of hydrogen-bond acceptors (Lipinski definition) is 3. The minimum atomic E-state index is -0.00488. The molecule has 3 nitrogen and oxygen atoms in total. The maximum atomic E-state index is 12.4. The summed E-state index contributed by atoms with van der Waals surface area (Å²) in [5.74, 6) is 0.780. The molecule has 2 aromatic rings. The normalized spacial score (nSPS) is 10.7. The number of ketones is 1. The Bertz CT molecular complexity index is 667. The lowest BCUT2D eigenvalue weighted by atomic mass is 9.95. The van der Waals surface area contributed by atoms with Gasteiger partial charge in [-0.2, -0.15) is 0 Å². The maximum Gasteiger partial charge on any atom is 0.192 e. The van der Waals surface area contributed by atoms with Gasteiger partial charge in [0.2, 0.25) is 0 Å². The highest BCUT2D eigenvalue weighted by atomic mass is 31.1. The van der Waals surface area contributed by atoms with Gasteiger partial charge in [0.25, 0.3) is 0 Å². The molecule has 0 heterocycles. The van der Waals surface area contributed by atoms with Crippen LogP contribution < -0.4 is 10.0 Å². The van der Waals surface area contributed by atoms with Crippen LogP contribution in [0.2, 0.25) is 0 Å². The molecule has 0 radical (unpaired) electrons. The van der Waals surface area contributed by atoms with E-state index in [0.29, 0.717) is 24.1 Å². The molecule has 0 N–H and O–H groups in total. The quantitative estimate of drug-likeness (QED) is 0.593. The predicted octanol–water partition coefficient (Wildman–Crippen LogP) is 4.18. The molecule has 0 aliphatic carbocycles. The van der Waals surface area contributed by atoms with Crippen molar-refractivity contribution in [2.45, 2.75) is 27.2 Å². The van der Waals surface area contributed by atoms with Gasteiger partial charge in [-0.1, -0.05) is 17.7 Å². The minimum Gasteiger partial charge on any atom is -0.493 e. The van der Waals surface area contributed by atoms with E-state index in [1.165, 1.54) is 5.56 Å². The molecule has 0 aliphatic heterocycles. The average Bonchev–Trinajstić information content (AvgIpc) is 2.47. The van der Waals surface area contributed by atoms with Crippen molar-refractivity contribution in [2.75, 3.05) is 6.61 Å². The summed E-state index contributed by atoms with van der Waals surface area (Å²) in [5, 5.41) is 0.703. The predicted molar refractivity (Wildman–Crippen MR) is 88.8 cm³/mol. The monoisotopic (exact) mass is 314 g/mol. The van der Waals surface area contributed by atoms with E-state index in [4.69, 9.17) is 4.74 Å². The Morgan fingerprint density at radius 1 is 1.05 bits per heavy atom. The molecule has 0 aromatic heterocycles. The third-order valence-electron chi connectivity index (χ3n) is 3.50. The summed E-state index contributed by atoms with van der Waals surface area (Å²) < 4.78 is 16.3. The first-order chi connectivity index (χ1) is 10.5. The topological polar surface area (TPSA) is 43.4 Å². The fourth-order valence-electron chi connectivity index (χ4n) is 2.61. The Balaban J connectivity index is 1.97. The van der Waals surface area contributed by atoms with Gasteiger partial charge in [-0.3, -0.25) is 9.36 Å². The molecule has 2 rings (SSSR count). The third kappa shape index (κ3) is 4.02. The number of Topliss-reactive ketones (excluding diaryl/α,β-unsaturated/α-hetero) is 1. The van der Waals surface area contributed by atoms with Crippen LogP contribution in [0.5, 0.6) is 5.75 Å². The minimum absolute atomic E-state index is 0.00488. The van der Waals surface area contributed by atoms with Gasteiger partial charge in [-0.05, 0) is 56.2 Å². The van der Waals surface area contributed by atoms with Crippen molar-refractivity contribution in [1.29, 1.82) is 0 Å². The van der Waals surface area contributed by atoms with Crippen LogP contribution in [0, 0.1) is 20.8 Å². The highest BCUT2D eigenvalue weighted by molar-refractivity contribution is 7.34. The van der Waals surface area contributed by atoms with E-state index < -0.39 is 0 Å². The molecule has 0 saturated heterocycles. The molecule has 0 saturated carbocycles. The zero-order chi connectivity index (χ0) is 16.1. The number of hydrogen-bond donors (Lipinski definition) is 0. The Hall–Kier alpha value is -1.99. The first-order valence-corrected chi connectivity index (χ1v) is 8.00. The van der Waals surface area contributed by atoms with Crippen molar-refractivity contribution < 1.29 is 14.1 Å². The molecule has 0 unspecified atom stereocenters. The average molecular weight is 314 g/mol. The zero-order valence-electron chi connectivity index (χ0n) is 13.1. The van der Waals surface area contributed by atoms with Crippen LogP contribution in [0.3, 0.4) is 0 Å². The Kier molecular flexibility index (Phi) is 5.46. The van der Waals surface area contributed by atoms with Crippen molar-refractivity contribution in [3.63, 3.8) is 0 Å². The number of carbonyl (C=O) groups excluding carboxylic acids is 1. The summed E-state index contributed by atoms with van der Waals surface area (Å²) in [5.41, 5.74) is 4.00. The first kappa shape index (κ1) is 16.4. The summed E-state index contributed by atoms with van der Waals surface area (Å²) in [4.78, 5) is 12.4. The molecule has 0 amide bonds. The standard InChI is InChI=1S/C18H19O3P/c1-12-10-13(2)18(14(3)11-12)17(19)8-9-21-15-4-6-16(22-20)7-5-15/h4-7,10-11H,8-9H2,1-3H3. The Morgan fingerprint density at radius 2 is 1.64 bits per heavy atom. The van der Waals surface area contributed by atoms with Gasteiger partial charge in [0.1, 0.15) is 5.75 Å². The van der Waals surface area contributed by atoms with E-state index in [2.05, 4.69) is 0 Å². The van der Waals surface area contributed by atoms with E-state index >= 15 is 0 Å². The van der Waals surface area contributed by atoms with Crippen molar-refractivity contribution >= 4 is 19.5 Å². The van der Waals surface area contributed by atoms with Crippen molar-refractivity contribution in [2.24, 2.45) is 0 Å². The van der Waals surface area contributed by atoms with Crippen LogP contribution in [0.1, 0.15) is 33.5 Å². The number of carbonyl (C=O) groups is 1. The highest BCUT2D eigenvalue weighted by Crippen LogP contribution is 2.18. The maximum absolute atomic E-state index is 12.4. The fraction of sp³-hybridized carbons (Fsp3) is 0.278. The van der Waals surface area contributed by atoms with Crippen LogP contribution in [-0.4, -0.2) is 12.4 Å². The summed E-state index contributed by atoms with van der Waals surface area (Å²) in [7, 11) is -0.00488. The summed E-state index contributed by atoms with van der Waals surface area (Å²) in [6.07, 6.45) is 0.340. The second-order valence-corrected chi connectivity index (χ2v) is 6.08. The van der Waals surface area contributed by atoms with E-state index in [9.17, 15) is 9.36 Å². The lowest BCUT2D eigenvalue weighted by molar-refractivity contribution is 0.0961. The second-order valence-electron chi connectivity index (χ2n) is 5.38. The van der Waals surface area contributed by atoms with Crippen molar-refractivity contribution in [3.05, 3.63) is 58.7 Å². The number of rotatable bonds is 6. The second kappa shape index (κ2) is 7.33. The van der Waals surface area contributed by atoms with Crippen molar-refractivity contribution in [3.8, 4) is 5.75 Å². The van der Waals surface area contributed by atoms with E-state index in [-0.39, 0.29) is 14.2 Å². The molecular weight excluding hydrogens is 295 g/mol. The van der Waals surface area contributed by atoms with Crippen LogP contribution in [0.15, 0.2) is 36.4 Å². The molecule has 4 heteroatoms. The zero-order valence-corrected chi connectivity index (χ0v) is 13.9. The van der Waals surface area contributed by atoms with Gasteiger partial charge in [0.15, 0.2) is 14.2 Å².